The fourth-order valence-electron chi connectivity index (χ4n) is 3.53. The minimum atomic E-state index is -0.162. The summed E-state index contributed by atoms with van der Waals surface area (Å²) < 4.78 is 10.7. The first-order chi connectivity index (χ1) is 13.6. The SMILES string of the molecule is COc1cccc(CNC(=O)C(C)N2CCN(c3ccccc3OC)CC2)c1. The van der Waals surface area contributed by atoms with Gasteiger partial charge in [0.15, 0.2) is 0 Å². The summed E-state index contributed by atoms with van der Waals surface area (Å²) >= 11 is 0. The van der Waals surface area contributed by atoms with Crippen LogP contribution < -0.4 is 19.7 Å². The summed E-state index contributed by atoms with van der Waals surface area (Å²) in [7, 11) is 3.34. The number of piperazine rings is 1. The van der Waals surface area contributed by atoms with Crippen molar-refractivity contribution in [2.45, 2.75) is 19.5 Å². The number of nitrogens with zero attached hydrogens (tertiary/aromatic N) is 2. The quantitative estimate of drug-likeness (QED) is 0.796. The normalized spacial score (nSPS) is 15.8. The molecule has 3 rings (SSSR count). The maximum Gasteiger partial charge on any atom is 0.237 e. The van der Waals surface area contributed by atoms with Gasteiger partial charge in [-0.05, 0) is 36.8 Å². The van der Waals surface area contributed by atoms with Crippen LogP contribution in [0.1, 0.15) is 12.5 Å². The lowest BCUT2D eigenvalue weighted by Gasteiger charge is -2.38. The van der Waals surface area contributed by atoms with Gasteiger partial charge in [0.1, 0.15) is 11.5 Å². The molecule has 0 bridgehead atoms. The van der Waals surface area contributed by atoms with E-state index in [-0.39, 0.29) is 11.9 Å². The topological polar surface area (TPSA) is 54.0 Å². The smallest absolute Gasteiger partial charge is 0.237 e. The molecule has 1 amide bonds. The maximum atomic E-state index is 12.6. The van der Waals surface area contributed by atoms with Crippen LogP contribution >= 0.6 is 0 Å². The monoisotopic (exact) mass is 383 g/mol. The molecular weight excluding hydrogens is 354 g/mol. The second-order valence-electron chi connectivity index (χ2n) is 6.94. The van der Waals surface area contributed by atoms with Crippen LogP contribution in [0.3, 0.4) is 0 Å². The van der Waals surface area contributed by atoms with E-state index in [0.717, 1.165) is 48.9 Å². The molecule has 1 fully saturated rings. The largest absolute Gasteiger partial charge is 0.497 e. The third kappa shape index (κ3) is 4.75. The van der Waals surface area contributed by atoms with Crippen LogP contribution in [0.2, 0.25) is 0 Å². The molecule has 1 saturated heterocycles. The van der Waals surface area contributed by atoms with E-state index in [1.165, 1.54) is 0 Å². The van der Waals surface area contributed by atoms with Crippen molar-refractivity contribution in [3.05, 3.63) is 54.1 Å². The fraction of sp³-hybridized carbons (Fsp3) is 0.409. The number of methoxy groups -OCH3 is 2. The highest BCUT2D eigenvalue weighted by Gasteiger charge is 2.26. The van der Waals surface area contributed by atoms with Gasteiger partial charge in [0, 0.05) is 32.7 Å². The minimum absolute atomic E-state index is 0.0496. The average Bonchev–Trinajstić information content (AvgIpc) is 2.77. The van der Waals surface area contributed by atoms with E-state index in [4.69, 9.17) is 9.47 Å². The number of carbonyl (C=O) groups excluding carboxylic acids is 1. The van der Waals surface area contributed by atoms with Gasteiger partial charge in [0.2, 0.25) is 5.91 Å². The average molecular weight is 383 g/mol. The van der Waals surface area contributed by atoms with Crippen molar-refractivity contribution in [2.24, 2.45) is 0 Å². The van der Waals surface area contributed by atoms with E-state index in [9.17, 15) is 4.79 Å². The molecule has 1 aliphatic heterocycles. The second-order valence-corrected chi connectivity index (χ2v) is 6.94. The molecule has 2 aromatic rings. The molecule has 0 aliphatic carbocycles. The van der Waals surface area contributed by atoms with Crippen molar-refractivity contribution < 1.29 is 14.3 Å². The van der Waals surface area contributed by atoms with Crippen LogP contribution in [0.4, 0.5) is 5.69 Å². The Morgan fingerprint density at radius 3 is 2.50 bits per heavy atom. The van der Waals surface area contributed by atoms with Crippen LogP contribution in [-0.4, -0.2) is 57.2 Å². The number of ether oxygens (including phenoxy) is 2. The molecule has 1 atom stereocenters. The van der Waals surface area contributed by atoms with Gasteiger partial charge in [-0.1, -0.05) is 24.3 Å². The molecule has 6 nitrogen and oxygen atoms in total. The molecule has 6 heteroatoms. The van der Waals surface area contributed by atoms with Crippen LogP contribution in [0, 0.1) is 0 Å². The van der Waals surface area contributed by atoms with Crippen molar-refractivity contribution >= 4 is 11.6 Å². The van der Waals surface area contributed by atoms with Gasteiger partial charge in [0.05, 0.1) is 25.9 Å². The molecule has 28 heavy (non-hydrogen) atoms. The van der Waals surface area contributed by atoms with Gasteiger partial charge in [-0.3, -0.25) is 9.69 Å². The highest BCUT2D eigenvalue weighted by atomic mass is 16.5. The number of para-hydroxylation sites is 2. The van der Waals surface area contributed by atoms with Gasteiger partial charge in [-0.15, -0.1) is 0 Å². The number of hydrogen-bond acceptors (Lipinski definition) is 5. The standard InChI is InChI=1S/C22H29N3O3/c1-17(22(26)23-16-18-7-6-8-19(15-18)27-2)24-11-13-25(14-12-24)20-9-4-5-10-21(20)28-3/h4-10,15,17H,11-14,16H2,1-3H3,(H,23,26). The van der Waals surface area contributed by atoms with Crippen molar-refractivity contribution in [1.82, 2.24) is 10.2 Å². The number of amides is 1. The molecule has 0 spiro atoms. The van der Waals surface area contributed by atoms with Gasteiger partial charge < -0.3 is 19.7 Å². The van der Waals surface area contributed by atoms with Gasteiger partial charge in [-0.25, -0.2) is 0 Å². The molecule has 1 aliphatic rings. The van der Waals surface area contributed by atoms with Gasteiger partial charge in [-0.2, -0.15) is 0 Å². The first-order valence-electron chi connectivity index (χ1n) is 9.65. The Hall–Kier alpha value is -2.73. The Morgan fingerprint density at radius 1 is 1.04 bits per heavy atom. The Morgan fingerprint density at radius 2 is 1.79 bits per heavy atom. The lowest BCUT2D eigenvalue weighted by molar-refractivity contribution is -0.126. The molecule has 0 radical (unpaired) electrons. The number of benzene rings is 2. The highest BCUT2D eigenvalue weighted by molar-refractivity contribution is 5.81. The number of anilines is 1. The lowest BCUT2D eigenvalue weighted by atomic mass is 10.1. The number of nitrogens with one attached hydrogen (secondary N) is 1. The Labute approximate surface area is 167 Å². The van der Waals surface area contributed by atoms with Crippen molar-refractivity contribution in [2.75, 3.05) is 45.3 Å². The molecular formula is C22H29N3O3. The summed E-state index contributed by atoms with van der Waals surface area (Å²) in [6.45, 7) is 5.89. The summed E-state index contributed by atoms with van der Waals surface area (Å²) in [6, 6.07) is 15.7. The van der Waals surface area contributed by atoms with Crippen LogP contribution in [-0.2, 0) is 11.3 Å². The Bertz CT molecular complexity index is 788. The molecule has 2 aromatic carbocycles. The maximum absolute atomic E-state index is 12.6. The van der Waals surface area contributed by atoms with Crippen LogP contribution in [0.25, 0.3) is 0 Å². The van der Waals surface area contributed by atoms with Gasteiger partial charge in [0.25, 0.3) is 0 Å². The summed E-state index contributed by atoms with van der Waals surface area (Å²) in [5.41, 5.74) is 2.14. The van der Waals surface area contributed by atoms with E-state index in [1.807, 2.05) is 49.4 Å². The third-order valence-electron chi connectivity index (χ3n) is 5.27. The van der Waals surface area contributed by atoms with E-state index < -0.39 is 0 Å². The first-order valence-corrected chi connectivity index (χ1v) is 9.65. The molecule has 1 heterocycles. The summed E-state index contributed by atoms with van der Waals surface area (Å²) in [5.74, 6) is 1.74. The third-order valence-corrected chi connectivity index (χ3v) is 5.27. The van der Waals surface area contributed by atoms with E-state index in [1.54, 1.807) is 14.2 Å². The molecule has 1 N–H and O–H groups in total. The second kappa shape index (κ2) is 9.46. The number of rotatable bonds is 7. The Balaban J connectivity index is 1.51. The zero-order valence-electron chi connectivity index (χ0n) is 16.9. The summed E-state index contributed by atoms with van der Waals surface area (Å²) in [6.07, 6.45) is 0. The van der Waals surface area contributed by atoms with Crippen LogP contribution in [0.15, 0.2) is 48.5 Å². The molecule has 150 valence electrons. The summed E-state index contributed by atoms with van der Waals surface area (Å²) in [4.78, 5) is 17.1. The minimum Gasteiger partial charge on any atom is -0.497 e. The highest BCUT2D eigenvalue weighted by Crippen LogP contribution is 2.28. The fourth-order valence-corrected chi connectivity index (χ4v) is 3.53. The predicted octanol–water partition coefficient (Wildman–Crippen LogP) is 2.53. The summed E-state index contributed by atoms with van der Waals surface area (Å²) in [5, 5.41) is 3.04. The zero-order valence-corrected chi connectivity index (χ0v) is 16.9. The predicted molar refractivity (Wildman–Crippen MR) is 111 cm³/mol. The zero-order chi connectivity index (χ0) is 19.9. The molecule has 0 aromatic heterocycles. The van der Waals surface area contributed by atoms with E-state index >= 15 is 0 Å². The van der Waals surface area contributed by atoms with Crippen molar-refractivity contribution in [1.29, 1.82) is 0 Å². The molecule has 1 unspecified atom stereocenters. The van der Waals surface area contributed by atoms with E-state index in [0.29, 0.717) is 6.54 Å². The van der Waals surface area contributed by atoms with Crippen LogP contribution in [0.5, 0.6) is 11.5 Å². The Kier molecular flexibility index (Phi) is 6.76. The van der Waals surface area contributed by atoms with Crippen molar-refractivity contribution in [3.63, 3.8) is 0 Å². The van der Waals surface area contributed by atoms with Gasteiger partial charge >= 0.3 is 0 Å². The number of hydrogen-bond donors (Lipinski definition) is 1. The van der Waals surface area contributed by atoms with E-state index in [2.05, 4.69) is 21.2 Å². The molecule has 0 saturated carbocycles. The number of carbonyl (C=O) groups is 1. The first kappa shape index (κ1) is 20.0. The lowest BCUT2D eigenvalue weighted by Crippen LogP contribution is -2.53. The van der Waals surface area contributed by atoms with Crippen molar-refractivity contribution in [3.8, 4) is 11.5 Å².